The van der Waals surface area contributed by atoms with E-state index >= 15 is 0 Å². The van der Waals surface area contributed by atoms with Crippen molar-refractivity contribution >= 4 is 22.8 Å². The molecular formula is C19H22F2N6O4S. The molecule has 0 aromatic carbocycles. The first-order valence-electron chi connectivity index (χ1n) is 10.0. The number of aromatic nitrogens is 4. The molecule has 0 spiro atoms. The van der Waals surface area contributed by atoms with Crippen LogP contribution < -0.4 is 14.8 Å². The standard InChI is InChI=1S/C19H22F2N6O4S/c1-3-11(8-22-2)24-19-13(21)6-12(20)18(25-19)14-9-23-16-7-15(30-32(29)31-28)17(10-4-5-10)26-27(14)16/h6-7,9-11,22,28H,3-5,8H2,1-2H3,(H,24,25). The highest BCUT2D eigenvalue weighted by Gasteiger charge is 2.31. The number of likely N-dealkylation sites (N-methyl/N-ethyl adjacent to an activating group) is 1. The molecule has 172 valence electrons. The van der Waals surface area contributed by atoms with E-state index in [1.807, 2.05) is 6.92 Å². The molecule has 1 aliphatic rings. The van der Waals surface area contributed by atoms with Gasteiger partial charge in [0.05, 0.1) is 6.20 Å². The molecule has 3 N–H and O–H groups in total. The van der Waals surface area contributed by atoms with Crippen molar-refractivity contribution in [1.29, 1.82) is 0 Å². The molecule has 2 unspecified atom stereocenters. The summed E-state index contributed by atoms with van der Waals surface area (Å²) in [6, 6.07) is 2.13. The van der Waals surface area contributed by atoms with Crippen LogP contribution in [0.15, 0.2) is 18.3 Å². The lowest BCUT2D eigenvalue weighted by molar-refractivity contribution is -0.130. The number of fused-ring (bicyclic) bond motifs is 1. The summed E-state index contributed by atoms with van der Waals surface area (Å²) < 4.78 is 50.8. The molecule has 32 heavy (non-hydrogen) atoms. The van der Waals surface area contributed by atoms with Crippen molar-refractivity contribution in [3.63, 3.8) is 0 Å². The predicted octanol–water partition coefficient (Wildman–Crippen LogP) is 2.80. The Labute approximate surface area is 184 Å². The van der Waals surface area contributed by atoms with Crippen LogP contribution in [0.25, 0.3) is 17.0 Å². The normalized spacial score (nSPS) is 15.7. The number of rotatable bonds is 10. The van der Waals surface area contributed by atoms with Crippen LogP contribution in [-0.2, 0) is 15.7 Å². The number of halogens is 2. The Morgan fingerprint density at radius 1 is 1.34 bits per heavy atom. The average molecular weight is 468 g/mol. The molecule has 1 fully saturated rings. The first kappa shape index (κ1) is 22.5. The third kappa shape index (κ3) is 4.55. The number of anilines is 1. The van der Waals surface area contributed by atoms with Crippen molar-refractivity contribution in [2.45, 2.75) is 38.1 Å². The van der Waals surface area contributed by atoms with Gasteiger partial charge in [-0.3, -0.25) is 0 Å². The monoisotopic (exact) mass is 468 g/mol. The van der Waals surface area contributed by atoms with Gasteiger partial charge in [0.2, 0.25) is 0 Å². The van der Waals surface area contributed by atoms with E-state index in [0.29, 0.717) is 18.7 Å². The smallest absolute Gasteiger partial charge is 0.376 e. The zero-order valence-electron chi connectivity index (χ0n) is 17.3. The molecule has 0 radical (unpaired) electrons. The van der Waals surface area contributed by atoms with E-state index in [1.54, 1.807) is 7.05 Å². The highest BCUT2D eigenvalue weighted by Crippen LogP contribution is 2.43. The molecule has 0 saturated heterocycles. The maximum absolute atomic E-state index is 14.7. The molecule has 3 aromatic heterocycles. The van der Waals surface area contributed by atoms with E-state index in [0.717, 1.165) is 18.9 Å². The Morgan fingerprint density at radius 2 is 2.12 bits per heavy atom. The summed E-state index contributed by atoms with van der Waals surface area (Å²) in [6.45, 7) is 2.52. The lowest BCUT2D eigenvalue weighted by Crippen LogP contribution is -2.31. The molecule has 0 bridgehead atoms. The summed E-state index contributed by atoms with van der Waals surface area (Å²) >= 11 is -2.42. The van der Waals surface area contributed by atoms with Gasteiger partial charge in [0.25, 0.3) is 0 Å². The highest BCUT2D eigenvalue weighted by atomic mass is 32.2. The van der Waals surface area contributed by atoms with Crippen LogP contribution in [-0.4, -0.2) is 48.7 Å². The highest BCUT2D eigenvalue weighted by molar-refractivity contribution is 7.75. The van der Waals surface area contributed by atoms with E-state index in [1.165, 1.54) is 16.8 Å². The van der Waals surface area contributed by atoms with E-state index in [4.69, 9.17) is 9.44 Å². The van der Waals surface area contributed by atoms with Gasteiger partial charge in [-0.15, -0.1) is 0 Å². The third-order valence-corrected chi connectivity index (χ3v) is 5.56. The Kier molecular flexibility index (Phi) is 6.60. The minimum atomic E-state index is -2.42. The van der Waals surface area contributed by atoms with Gasteiger partial charge >= 0.3 is 11.4 Å². The van der Waals surface area contributed by atoms with Crippen LogP contribution >= 0.6 is 0 Å². The van der Waals surface area contributed by atoms with Crippen molar-refractivity contribution in [2.24, 2.45) is 0 Å². The number of hydrogen-bond donors (Lipinski definition) is 3. The molecule has 4 rings (SSSR count). The van der Waals surface area contributed by atoms with Crippen LogP contribution in [0, 0.1) is 11.6 Å². The van der Waals surface area contributed by atoms with Gasteiger partial charge in [0.15, 0.2) is 28.8 Å². The number of nitrogens with one attached hydrogen (secondary N) is 2. The van der Waals surface area contributed by atoms with Crippen LogP contribution in [0.3, 0.4) is 0 Å². The van der Waals surface area contributed by atoms with Crippen molar-refractivity contribution < 1.29 is 26.8 Å². The van der Waals surface area contributed by atoms with Crippen molar-refractivity contribution in [3.8, 4) is 17.1 Å². The van der Waals surface area contributed by atoms with Crippen molar-refractivity contribution in [3.05, 3.63) is 35.7 Å². The summed E-state index contributed by atoms with van der Waals surface area (Å²) in [5, 5.41) is 19.0. The van der Waals surface area contributed by atoms with Gasteiger partial charge < -0.3 is 14.8 Å². The quantitative estimate of drug-likeness (QED) is 0.304. The Bertz CT molecular complexity index is 1160. The molecule has 0 amide bonds. The minimum Gasteiger partial charge on any atom is -0.376 e. The zero-order chi connectivity index (χ0) is 22.8. The van der Waals surface area contributed by atoms with Gasteiger partial charge in [-0.05, 0) is 26.3 Å². The van der Waals surface area contributed by atoms with Crippen molar-refractivity contribution in [1.82, 2.24) is 24.9 Å². The van der Waals surface area contributed by atoms with Crippen LogP contribution in [0.2, 0.25) is 0 Å². The first-order chi connectivity index (χ1) is 15.4. The Hall–Kier alpha value is -2.74. The van der Waals surface area contributed by atoms with Gasteiger partial charge in [0.1, 0.15) is 17.1 Å². The minimum absolute atomic E-state index is 0.0513. The van der Waals surface area contributed by atoms with Gasteiger partial charge in [-0.1, -0.05) is 11.3 Å². The first-order valence-corrected chi connectivity index (χ1v) is 11.0. The van der Waals surface area contributed by atoms with Crippen LogP contribution in [0.4, 0.5) is 14.6 Å². The molecule has 10 nitrogen and oxygen atoms in total. The van der Waals surface area contributed by atoms with E-state index in [-0.39, 0.29) is 40.6 Å². The molecule has 13 heteroatoms. The average Bonchev–Trinajstić information content (AvgIpc) is 3.54. The van der Waals surface area contributed by atoms with E-state index in [2.05, 4.69) is 30.0 Å². The number of pyridine rings is 1. The summed E-state index contributed by atoms with van der Waals surface area (Å²) in [6.07, 6.45) is 3.75. The second-order valence-corrected chi connectivity index (χ2v) is 8.12. The predicted molar refractivity (Wildman–Crippen MR) is 112 cm³/mol. The molecule has 1 saturated carbocycles. The van der Waals surface area contributed by atoms with Gasteiger partial charge in [-0.2, -0.15) is 9.31 Å². The van der Waals surface area contributed by atoms with E-state index < -0.39 is 23.0 Å². The molecular weight excluding hydrogens is 446 g/mol. The fourth-order valence-electron chi connectivity index (χ4n) is 3.35. The lowest BCUT2D eigenvalue weighted by Gasteiger charge is -2.18. The Balaban J connectivity index is 1.77. The van der Waals surface area contributed by atoms with Gasteiger partial charge in [-0.25, -0.2) is 28.5 Å². The SMILES string of the molecule is CCC(CNC)Nc1nc(-c2cnc3cc(OS(=O)OO)c(C4CC4)nn23)c(F)cc1F. The molecule has 0 aliphatic heterocycles. The topological polar surface area (TPSA) is 123 Å². The second-order valence-electron chi connectivity index (χ2n) is 7.40. The number of nitrogens with zero attached hydrogens (tertiary/aromatic N) is 4. The summed E-state index contributed by atoms with van der Waals surface area (Å²) in [4.78, 5) is 8.38. The van der Waals surface area contributed by atoms with Crippen LogP contribution in [0.5, 0.6) is 5.75 Å². The van der Waals surface area contributed by atoms with Crippen LogP contribution in [0.1, 0.15) is 37.8 Å². The maximum Gasteiger partial charge on any atom is 0.389 e. The molecule has 3 aromatic rings. The molecule has 1 aliphatic carbocycles. The summed E-state index contributed by atoms with van der Waals surface area (Å²) in [7, 11) is 1.78. The van der Waals surface area contributed by atoms with Gasteiger partial charge in [0, 0.05) is 30.6 Å². The zero-order valence-corrected chi connectivity index (χ0v) is 18.2. The summed E-state index contributed by atoms with van der Waals surface area (Å²) in [5.41, 5.74) is 0.820. The summed E-state index contributed by atoms with van der Waals surface area (Å²) in [5.74, 6) is -1.55. The Morgan fingerprint density at radius 3 is 2.78 bits per heavy atom. The fraction of sp³-hybridized carbons (Fsp3) is 0.421. The number of hydrogen-bond acceptors (Lipinski definition) is 9. The lowest BCUT2D eigenvalue weighted by atomic mass is 10.2. The van der Waals surface area contributed by atoms with Crippen molar-refractivity contribution in [2.75, 3.05) is 18.9 Å². The maximum atomic E-state index is 14.7. The van der Waals surface area contributed by atoms with E-state index in [9.17, 15) is 13.0 Å². The molecule has 2 atom stereocenters. The third-order valence-electron chi connectivity index (χ3n) is 5.12. The second kappa shape index (κ2) is 9.40. The largest absolute Gasteiger partial charge is 0.389 e. The fourth-order valence-corrected chi connectivity index (χ4v) is 3.66. The molecule has 3 heterocycles. The number of imidazole rings is 1.